The first-order chi connectivity index (χ1) is 24.3. The summed E-state index contributed by atoms with van der Waals surface area (Å²) in [4.78, 5) is 25.8. The molecule has 0 spiro atoms. The van der Waals surface area contributed by atoms with Crippen LogP contribution in [0, 0.1) is 6.92 Å². The van der Waals surface area contributed by atoms with Crippen LogP contribution in [0.1, 0.15) is 54.1 Å². The number of carbonyl (C=O) groups is 1. The molecule has 3 aliphatic rings. The summed E-state index contributed by atoms with van der Waals surface area (Å²) in [6.45, 7) is 6.93. The lowest BCUT2D eigenvalue weighted by molar-refractivity contribution is 0.122. The molecule has 3 aliphatic heterocycles. The fourth-order valence-corrected chi connectivity index (χ4v) is 9.51. The second-order valence-electron chi connectivity index (χ2n) is 13.2. The number of aryl methyl sites for hydroxylation is 1. The van der Waals surface area contributed by atoms with Crippen molar-refractivity contribution in [1.29, 1.82) is 0 Å². The van der Waals surface area contributed by atoms with Crippen LogP contribution in [0.5, 0.6) is 5.75 Å². The number of sulfone groups is 1. The first-order valence-corrected chi connectivity index (χ1v) is 21.4. The Hall–Kier alpha value is -2.91. The van der Waals surface area contributed by atoms with E-state index in [1.54, 1.807) is 53.1 Å². The average molecular weight is 813 g/mol. The third kappa shape index (κ3) is 8.72. The first kappa shape index (κ1) is 40.3. The number of ether oxygens (including phenoxy) is 1. The zero-order chi connectivity index (χ0) is 36.5. The highest BCUT2D eigenvalue weighted by Gasteiger charge is 2.45. The molecule has 0 aliphatic carbocycles. The Kier molecular flexibility index (Phi) is 12.9. The average Bonchev–Trinajstić information content (AvgIpc) is 3.78. The van der Waals surface area contributed by atoms with Gasteiger partial charge >= 0.3 is 6.03 Å². The van der Waals surface area contributed by atoms with Gasteiger partial charge in [0.05, 0.1) is 28.9 Å². The quantitative estimate of drug-likeness (QED) is 0.238. The minimum absolute atomic E-state index is 0. The molecule has 16 heteroatoms. The molecule has 2 fully saturated rings. The zero-order valence-electron chi connectivity index (χ0n) is 29.4. The summed E-state index contributed by atoms with van der Waals surface area (Å²) in [6.07, 6.45) is 2.81. The number of carbonyl (C=O) groups excluding carboxylic acids is 1. The fraction of sp³-hybridized carbons (Fsp3) is 0.444. The van der Waals surface area contributed by atoms with Crippen LogP contribution in [0.3, 0.4) is 0 Å². The van der Waals surface area contributed by atoms with Crippen LogP contribution in [-0.4, -0.2) is 112 Å². The van der Waals surface area contributed by atoms with E-state index in [0.717, 1.165) is 24.0 Å². The van der Waals surface area contributed by atoms with E-state index in [2.05, 4.69) is 0 Å². The number of rotatable bonds is 10. The van der Waals surface area contributed by atoms with E-state index in [4.69, 9.17) is 32.9 Å². The van der Waals surface area contributed by atoms with Crippen molar-refractivity contribution in [3.63, 3.8) is 0 Å². The van der Waals surface area contributed by atoms with Gasteiger partial charge in [-0.3, -0.25) is 14.8 Å². The van der Waals surface area contributed by atoms with E-state index in [1.165, 1.54) is 10.6 Å². The Bertz CT molecular complexity index is 2000. The van der Waals surface area contributed by atoms with Crippen LogP contribution in [-0.2, 0) is 19.9 Å². The van der Waals surface area contributed by atoms with Gasteiger partial charge in [0.15, 0.2) is 0 Å². The van der Waals surface area contributed by atoms with Crippen molar-refractivity contribution in [2.75, 3.05) is 64.4 Å². The van der Waals surface area contributed by atoms with Gasteiger partial charge in [0.1, 0.15) is 27.5 Å². The number of benzene rings is 3. The van der Waals surface area contributed by atoms with Crippen molar-refractivity contribution in [3.05, 3.63) is 93.0 Å². The van der Waals surface area contributed by atoms with Gasteiger partial charge < -0.3 is 9.64 Å². The number of halogens is 3. The van der Waals surface area contributed by atoms with E-state index in [1.807, 2.05) is 36.1 Å². The summed E-state index contributed by atoms with van der Waals surface area (Å²) in [7, 11) is -6.98. The number of hydrogen-bond acceptors (Lipinski definition) is 8. The summed E-state index contributed by atoms with van der Waals surface area (Å²) in [6, 6.07) is 16.4. The third-order valence-corrected chi connectivity index (χ3v) is 13.1. The summed E-state index contributed by atoms with van der Waals surface area (Å²) >= 11 is 12.6. The molecule has 0 N–H and O–H groups in total. The maximum absolute atomic E-state index is 15.0. The topological polar surface area (TPSA) is 120 Å². The Labute approximate surface area is 322 Å². The predicted molar refractivity (Wildman–Crippen MR) is 207 cm³/mol. The van der Waals surface area contributed by atoms with Crippen molar-refractivity contribution in [3.8, 4) is 5.75 Å². The van der Waals surface area contributed by atoms with Gasteiger partial charge in [-0.05, 0) is 79.8 Å². The number of hydrogen-bond donors (Lipinski definition) is 0. The number of nitrogens with zero attached hydrogens (tertiary/aromatic N) is 5. The van der Waals surface area contributed by atoms with Gasteiger partial charge in [-0.15, -0.1) is 12.4 Å². The molecule has 11 nitrogen and oxygen atoms in total. The highest BCUT2D eigenvalue weighted by Crippen LogP contribution is 2.46. The van der Waals surface area contributed by atoms with E-state index in [9.17, 15) is 21.6 Å². The van der Waals surface area contributed by atoms with Gasteiger partial charge in [-0.25, -0.2) is 21.6 Å². The maximum atomic E-state index is 15.0. The molecule has 3 aromatic carbocycles. The molecule has 0 saturated carbocycles. The molecule has 2 saturated heterocycles. The number of sulfonamides is 1. The van der Waals surface area contributed by atoms with E-state index in [0.29, 0.717) is 85.2 Å². The first-order valence-electron chi connectivity index (χ1n) is 17.1. The summed E-state index contributed by atoms with van der Waals surface area (Å²) < 4.78 is 59.4. The second kappa shape index (κ2) is 16.6. The van der Waals surface area contributed by atoms with Crippen LogP contribution in [0.2, 0.25) is 10.0 Å². The van der Waals surface area contributed by atoms with Crippen molar-refractivity contribution in [2.45, 2.75) is 43.7 Å². The Balaban J connectivity index is 0.00000523. The summed E-state index contributed by atoms with van der Waals surface area (Å²) in [5.74, 6) is 0.756. The lowest BCUT2D eigenvalue weighted by Gasteiger charge is -2.39. The van der Waals surface area contributed by atoms with Crippen molar-refractivity contribution in [1.82, 2.24) is 19.0 Å². The Morgan fingerprint density at radius 3 is 2.00 bits per heavy atom. The normalized spacial score (nSPS) is 20.1. The van der Waals surface area contributed by atoms with Crippen LogP contribution in [0.4, 0.5) is 4.79 Å². The SMILES string of the molecule is CCOc1cc(C)c(S(=O)(=O)N2CCCC2)cc1C1=N[C@@H](c2ccc(Cl)cc2)[C@@H](c2ccc(Cl)cc2)N1C(=O)N1CCN(CCS(C)(=O)=O)CC1.Cl. The molecule has 0 bridgehead atoms. The number of urea groups is 1. The molecule has 6 rings (SSSR count). The highest BCUT2D eigenvalue weighted by molar-refractivity contribution is 7.90. The second-order valence-corrected chi connectivity index (χ2v) is 18.3. The number of amidine groups is 1. The Morgan fingerprint density at radius 2 is 1.44 bits per heavy atom. The minimum Gasteiger partial charge on any atom is -0.493 e. The van der Waals surface area contributed by atoms with E-state index >= 15 is 0 Å². The number of amides is 2. The standard InChI is InChI=1S/C36H43Cl2N5O6S2.ClH/c1-4-49-31-23-25(2)32(51(47,48)42-15-5-6-16-42)24-30(31)35-39-33(26-7-11-28(37)12-8-26)34(27-9-13-29(38)14-10-27)43(35)36(44)41-19-17-40(18-20-41)21-22-50(3,45)46;/h7-14,23-24,33-34H,4-6,15-22H2,1-3H3;1H/t33-,34+;/m0./s1. The zero-order valence-corrected chi connectivity index (χ0v) is 33.3. The molecule has 2 atom stereocenters. The molecule has 3 aromatic rings. The maximum Gasteiger partial charge on any atom is 0.326 e. The van der Waals surface area contributed by atoms with Crippen molar-refractivity contribution < 1.29 is 26.4 Å². The van der Waals surface area contributed by atoms with Crippen LogP contribution in [0.15, 0.2) is 70.6 Å². The number of piperazine rings is 1. The Morgan fingerprint density at radius 1 is 0.865 bits per heavy atom. The van der Waals surface area contributed by atoms with Gasteiger partial charge in [0.2, 0.25) is 10.0 Å². The smallest absolute Gasteiger partial charge is 0.326 e. The lowest BCUT2D eigenvalue weighted by atomic mass is 9.93. The van der Waals surface area contributed by atoms with Crippen LogP contribution in [0.25, 0.3) is 0 Å². The fourth-order valence-electron chi connectivity index (χ4n) is 6.92. The summed E-state index contributed by atoms with van der Waals surface area (Å²) in [5.41, 5.74) is 2.54. The van der Waals surface area contributed by atoms with Crippen LogP contribution < -0.4 is 4.74 Å². The minimum atomic E-state index is -3.84. The van der Waals surface area contributed by atoms with Crippen molar-refractivity contribution >= 4 is 67.3 Å². The van der Waals surface area contributed by atoms with Crippen LogP contribution >= 0.6 is 35.6 Å². The number of aliphatic imine (C=N–C) groups is 1. The molecule has 52 heavy (non-hydrogen) atoms. The molecule has 0 aromatic heterocycles. The molecular formula is C36H44Cl3N5O6S2. The molecule has 2 amide bonds. The predicted octanol–water partition coefficient (Wildman–Crippen LogP) is 6.23. The van der Waals surface area contributed by atoms with E-state index < -0.39 is 31.9 Å². The summed E-state index contributed by atoms with van der Waals surface area (Å²) in [5, 5.41) is 1.09. The highest BCUT2D eigenvalue weighted by atomic mass is 35.5. The molecular weight excluding hydrogens is 769 g/mol. The largest absolute Gasteiger partial charge is 0.493 e. The van der Waals surface area contributed by atoms with E-state index in [-0.39, 0.29) is 29.1 Å². The van der Waals surface area contributed by atoms with Gasteiger partial charge in [0, 0.05) is 62.1 Å². The molecule has 3 heterocycles. The third-order valence-electron chi connectivity index (χ3n) is 9.62. The monoisotopic (exact) mass is 811 g/mol. The van der Waals surface area contributed by atoms with Gasteiger partial charge in [-0.2, -0.15) is 4.31 Å². The van der Waals surface area contributed by atoms with Crippen molar-refractivity contribution in [2.24, 2.45) is 4.99 Å². The molecule has 0 unspecified atom stereocenters. The van der Waals surface area contributed by atoms with Gasteiger partial charge in [-0.1, -0.05) is 47.5 Å². The molecule has 0 radical (unpaired) electrons. The molecule has 282 valence electrons. The lowest BCUT2D eigenvalue weighted by Crippen LogP contribution is -2.54. The van der Waals surface area contributed by atoms with Gasteiger partial charge in [0.25, 0.3) is 0 Å².